The first-order valence-corrected chi connectivity index (χ1v) is 10.8. The fraction of sp³-hybridized carbons (Fsp3) is 0.375. The average molecular weight is 459 g/mol. The van der Waals surface area contributed by atoms with E-state index < -0.39 is 29.3 Å². The number of halogens is 2. The number of hydrogen-bond donors (Lipinski definition) is 2. The lowest BCUT2D eigenvalue weighted by Crippen LogP contribution is -2.54. The Morgan fingerprint density at radius 3 is 2.48 bits per heavy atom. The fourth-order valence-electron chi connectivity index (χ4n) is 3.78. The molecule has 0 aromatic heterocycles. The molecule has 0 spiro atoms. The molecule has 0 bridgehead atoms. The highest BCUT2D eigenvalue weighted by molar-refractivity contribution is 5.98. The van der Waals surface area contributed by atoms with Gasteiger partial charge in [-0.2, -0.15) is 5.01 Å². The molecule has 3 rings (SSSR count). The Morgan fingerprint density at radius 1 is 1.18 bits per heavy atom. The molecular weight excluding hydrogens is 430 g/mol. The number of nitrogens with two attached hydrogens (primary N) is 1. The third-order valence-corrected chi connectivity index (χ3v) is 5.40. The van der Waals surface area contributed by atoms with Crippen molar-refractivity contribution in [1.29, 1.82) is 0 Å². The van der Waals surface area contributed by atoms with Crippen LogP contribution in [0.25, 0.3) is 0 Å². The molecule has 0 saturated heterocycles. The second kappa shape index (κ2) is 10.1. The van der Waals surface area contributed by atoms with Gasteiger partial charge in [-0.3, -0.25) is 9.59 Å². The summed E-state index contributed by atoms with van der Waals surface area (Å²) in [6.45, 7) is 5.20. The molecule has 9 heteroatoms. The minimum Gasteiger partial charge on any atom is -0.443 e. The number of hydrazone groups is 1. The minimum atomic E-state index is -1.45. The monoisotopic (exact) mass is 458 g/mol. The second-order valence-electron chi connectivity index (χ2n) is 8.25. The summed E-state index contributed by atoms with van der Waals surface area (Å²) >= 11 is 0. The Hall–Kier alpha value is -3.33. The van der Waals surface area contributed by atoms with Crippen LogP contribution in [0.3, 0.4) is 0 Å². The molecule has 2 aromatic carbocycles. The van der Waals surface area contributed by atoms with Crippen LogP contribution in [-0.4, -0.2) is 35.3 Å². The molecule has 2 aromatic rings. The summed E-state index contributed by atoms with van der Waals surface area (Å²) in [5.74, 6) is -2.83. The number of rotatable bonds is 8. The van der Waals surface area contributed by atoms with Gasteiger partial charge in [0.1, 0.15) is 17.7 Å². The zero-order chi connectivity index (χ0) is 24.2. The molecule has 1 unspecified atom stereocenters. The van der Waals surface area contributed by atoms with Crippen LogP contribution in [0.4, 0.5) is 8.78 Å². The van der Waals surface area contributed by atoms with Crippen LogP contribution in [0, 0.1) is 17.6 Å². The molecule has 1 aliphatic rings. The van der Waals surface area contributed by atoms with Crippen LogP contribution < -0.4 is 11.1 Å². The first-order chi connectivity index (χ1) is 15.7. The summed E-state index contributed by atoms with van der Waals surface area (Å²) < 4.78 is 34.7. The minimum absolute atomic E-state index is 0.209. The predicted octanol–water partition coefficient (Wildman–Crippen LogP) is 3.24. The summed E-state index contributed by atoms with van der Waals surface area (Å²) in [5.41, 5.74) is 4.70. The van der Waals surface area contributed by atoms with Crippen molar-refractivity contribution in [2.75, 3.05) is 6.54 Å². The van der Waals surface area contributed by atoms with E-state index in [-0.39, 0.29) is 29.7 Å². The van der Waals surface area contributed by atoms with Gasteiger partial charge in [-0.15, -0.1) is 5.10 Å². The van der Waals surface area contributed by atoms with Crippen LogP contribution in [0.5, 0.6) is 0 Å². The van der Waals surface area contributed by atoms with Gasteiger partial charge in [-0.25, -0.2) is 8.78 Å². The SMILES string of the molecule is CC(=O)N[C@H](C(=O)N1N=C(c2cc(F)ccc2F)OC1(CCCN)c1ccccc1)C(C)C. The molecule has 7 nitrogen and oxygen atoms in total. The van der Waals surface area contributed by atoms with Crippen molar-refractivity contribution in [3.8, 4) is 0 Å². The molecule has 0 saturated carbocycles. The number of ether oxygens (including phenoxy) is 1. The van der Waals surface area contributed by atoms with Crippen LogP contribution >= 0.6 is 0 Å². The maximum absolute atomic E-state index is 14.6. The lowest BCUT2D eigenvalue weighted by Gasteiger charge is -2.37. The summed E-state index contributed by atoms with van der Waals surface area (Å²) in [7, 11) is 0. The van der Waals surface area contributed by atoms with Crippen LogP contribution in [0.15, 0.2) is 53.6 Å². The van der Waals surface area contributed by atoms with E-state index in [9.17, 15) is 18.4 Å². The summed E-state index contributed by atoms with van der Waals surface area (Å²) in [6, 6.07) is 10.9. The second-order valence-corrected chi connectivity index (χ2v) is 8.25. The van der Waals surface area contributed by atoms with E-state index in [0.29, 0.717) is 18.5 Å². The van der Waals surface area contributed by atoms with Gasteiger partial charge in [0.25, 0.3) is 5.91 Å². The predicted molar refractivity (Wildman–Crippen MR) is 120 cm³/mol. The number of amides is 2. The third kappa shape index (κ3) is 5.03. The van der Waals surface area contributed by atoms with Crippen LogP contribution in [-0.2, 0) is 20.1 Å². The van der Waals surface area contributed by atoms with Crippen LogP contribution in [0.1, 0.15) is 44.7 Å². The zero-order valence-corrected chi connectivity index (χ0v) is 18.8. The Labute approximate surface area is 191 Å². The summed E-state index contributed by atoms with van der Waals surface area (Å²) in [4.78, 5) is 25.5. The number of hydrogen-bond acceptors (Lipinski definition) is 5. The zero-order valence-electron chi connectivity index (χ0n) is 18.8. The first-order valence-electron chi connectivity index (χ1n) is 10.8. The van der Waals surface area contributed by atoms with Crippen LogP contribution in [0.2, 0.25) is 0 Å². The maximum Gasteiger partial charge on any atom is 0.269 e. The molecule has 1 heterocycles. The normalized spacial score (nSPS) is 18.6. The molecule has 33 heavy (non-hydrogen) atoms. The van der Waals surface area contributed by atoms with Gasteiger partial charge < -0.3 is 15.8 Å². The van der Waals surface area contributed by atoms with Gasteiger partial charge >= 0.3 is 0 Å². The van der Waals surface area contributed by atoms with E-state index in [2.05, 4.69) is 10.4 Å². The molecule has 0 aliphatic carbocycles. The van der Waals surface area contributed by atoms with E-state index in [1.165, 1.54) is 6.92 Å². The number of carbonyl (C=O) groups excluding carboxylic acids is 2. The number of nitrogens with zero attached hydrogens (tertiary/aromatic N) is 2. The molecule has 3 N–H and O–H groups in total. The number of carbonyl (C=O) groups is 2. The van der Waals surface area contributed by atoms with Crippen molar-refractivity contribution in [3.63, 3.8) is 0 Å². The Bertz CT molecular complexity index is 1050. The third-order valence-electron chi connectivity index (χ3n) is 5.40. The standard InChI is InChI=1S/C24H28F2N4O3/c1-15(2)21(28-16(3)31)23(32)30-24(12-7-13-27,17-8-5-4-6-9-17)33-22(29-30)19-14-18(25)10-11-20(19)26/h4-6,8-11,14-15,21H,7,12-13,27H2,1-3H3,(H,28,31)/t21-,24?/m0/s1. The maximum atomic E-state index is 14.6. The highest BCUT2D eigenvalue weighted by atomic mass is 19.1. The molecule has 2 atom stereocenters. The van der Waals surface area contributed by atoms with E-state index in [1.807, 2.05) is 6.07 Å². The Balaban J connectivity index is 2.18. The largest absolute Gasteiger partial charge is 0.443 e. The lowest BCUT2D eigenvalue weighted by molar-refractivity contribution is -0.157. The number of nitrogens with one attached hydrogen (secondary N) is 1. The molecule has 0 fully saturated rings. The molecule has 176 valence electrons. The van der Waals surface area contributed by atoms with Gasteiger partial charge in [0, 0.05) is 18.9 Å². The van der Waals surface area contributed by atoms with E-state index in [1.54, 1.807) is 38.1 Å². The molecular formula is C24H28F2N4O3. The van der Waals surface area contributed by atoms with Gasteiger partial charge in [0.2, 0.25) is 17.5 Å². The quantitative estimate of drug-likeness (QED) is 0.635. The number of benzene rings is 2. The highest BCUT2D eigenvalue weighted by Gasteiger charge is 2.51. The van der Waals surface area contributed by atoms with Gasteiger partial charge in [-0.05, 0) is 37.1 Å². The van der Waals surface area contributed by atoms with Crippen molar-refractivity contribution >= 4 is 17.7 Å². The molecule has 1 aliphatic heterocycles. The molecule has 2 amide bonds. The van der Waals surface area contributed by atoms with Gasteiger partial charge in [-0.1, -0.05) is 44.2 Å². The van der Waals surface area contributed by atoms with E-state index in [0.717, 1.165) is 23.2 Å². The first kappa shape index (κ1) is 24.3. The van der Waals surface area contributed by atoms with Crippen molar-refractivity contribution < 1.29 is 23.1 Å². The summed E-state index contributed by atoms with van der Waals surface area (Å²) in [5, 5.41) is 8.13. The topological polar surface area (TPSA) is 97.0 Å². The Morgan fingerprint density at radius 2 is 1.88 bits per heavy atom. The van der Waals surface area contributed by atoms with Crippen molar-refractivity contribution in [3.05, 3.63) is 71.3 Å². The summed E-state index contributed by atoms with van der Waals surface area (Å²) in [6.07, 6.45) is 0.702. The average Bonchev–Trinajstić information content (AvgIpc) is 3.18. The Kier molecular flexibility index (Phi) is 7.43. The van der Waals surface area contributed by atoms with Gasteiger partial charge in [0.15, 0.2) is 0 Å². The van der Waals surface area contributed by atoms with Gasteiger partial charge in [0.05, 0.1) is 5.56 Å². The smallest absolute Gasteiger partial charge is 0.269 e. The van der Waals surface area contributed by atoms with E-state index in [4.69, 9.17) is 10.5 Å². The fourth-order valence-corrected chi connectivity index (χ4v) is 3.78. The highest BCUT2D eigenvalue weighted by Crippen LogP contribution is 2.41. The molecule has 0 radical (unpaired) electrons. The lowest BCUT2D eigenvalue weighted by atomic mass is 9.94. The van der Waals surface area contributed by atoms with Crippen molar-refractivity contribution in [2.24, 2.45) is 16.8 Å². The van der Waals surface area contributed by atoms with Crippen molar-refractivity contribution in [1.82, 2.24) is 10.3 Å². The van der Waals surface area contributed by atoms with Crippen molar-refractivity contribution in [2.45, 2.75) is 45.4 Å². The van der Waals surface area contributed by atoms with E-state index >= 15 is 0 Å².